The van der Waals surface area contributed by atoms with E-state index in [4.69, 9.17) is 0 Å². The number of nitrogens with one attached hydrogen (secondary N) is 1. The molecule has 1 N–H and O–H groups in total. The second kappa shape index (κ2) is 10.6. The van der Waals surface area contributed by atoms with Gasteiger partial charge in [0.15, 0.2) is 0 Å². The lowest BCUT2D eigenvalue weighted by Crippen LogP contribution is -2.46. The number of amides is 2. The lowest BCUT2D eigenvalue weighted by Gasteiger charge is -2.32. The third kappa shape index (κ3) is 6.34. The lowest BCUT2D eigenvalue weighted by atomic mass is 9.96. The summed E-state index contributed by atoms with van der Waals surface area (Å²) in [5.41, 5.74) is 0. The first-order chi connectivity index (χ1) is 10.6. The monoisotopic (exact) mass is 311 g/mol. The van der Waals surface area contributed by atoms with E-state index < -0.39 is 0 Å². The molecule has 22 heavy (non-hydrogen) atoms. The Bertz CT molecular complexity index is 333. The summed E-state index contributed by atoms with van der Waals surface area (Å²) in [7, 11) is 0. The Hall–Kier alpha value is -1.10. The average Bonchev–Trinajstić information content (AvgIpc) is 2.53. The number of hydrogen-bond donors (Lipinski definition) is 1. The van der Waals surface area contributed by atoms with Crippen molar-refractivity contribution < 1.29 is 9.59 Å². The molecule has 0 saturated carbocycles. The second-order valence-electron chi connectivity index (χ2n) is 6.22. The van der Waals surface area contributed by atoms with Crippen LogP contribution < -0.4 is 5.32 Å². The lowest BCUT2D eigenvalue weighted by molar-refractivity contribution is -0.133. The molecule has 128 valence electrons. The van der Waals surface area contributed by atoms with Gasteiger partial charge in [-0.25, -0.2) is 0 Å². The van der Waals surface area contributed by atoms with Gasteiger partial charge in [-0.3, -0.25) is 14.5 Å². The number of likely N-dealkylation sites (tertiary alicyclic amines) is 1. The Kier molecular flexibility index (Phi) is 9.13. The van der Waals surface area contributed by atoms with Crippen LogP contribution >= 0.6 is 0 Å². The molecule has 0 aromatic carbocycles. The van der Waals surface area contributed by atoms with E-state index in [0.29, 0.717) is 6.54 Å². The number of nitrogens with zero attached hydrogens (tertiary/aromatic N) is 2. The third-order valence-electron chi connectivity index (χ3n) is 4.21. The zero-order chi connectivity index (χ0) is 16.4. The molecule has 2 amide bonds. The molecule has 1 aliphatic rings. The highest BCUT2D eigenvalue weighted by molar-refractivity contribution is 5.79. The van der Waals surface area contributed by atoms with E-state index in [9.17, 15) is 9.59 Å². The maximum Gasteiger partial charge on any atom is 0.236 e. The third-order valence-corrected chi connectivity index (χ3v) is 4.21. The number of carbonyl (C=O) groups excluding carboxylic acids is 2. The van der Waals surface area contributed by atoms with Crippen molar-refractivity contribution in [1.82, 2.24) is 15.1 Å². The normalized spacial score (nSPS) is 16.5. The van der Waals surface area contributed by atoms with Crippen LogP contribution in [0.15, 0.2) is 0 Å². The molecule has 0 atom stereocenters. The fourth-order valence-electron chi connectivity index (χ4n) is 2.94. The molecular formula is C17H33N3O2. The van der Waals surface area contributed by atoms with Crippen LogP contribution in [0.4, 0.5) is 0 Å². The molecule has 0 aromatic rings. The predicted molar refractivity (Wildman–Crippen MR) is 89.6 cm³/mol. The summed E-state index contributed by atoms with van der Waals surface area (Å²) in [6.07, 6.45) is 4.72. The first-order valence-electron chi connectivity index (χ1n) is 8.90. The number of rotatable bonds is 9. The van der Waals surface area contributed by atoms with Crippen LogP contribution in [0.25, 0.3) is 0 Å². The predicted octanol–water partition coefficient (Wildman–Crippen LogP) is 1.87. The van der Waals surface area contributed by atoms with Crippen LogP contribution in [-0.2, 0) is 9.59 Å². The van der Waals surface area contributed by atoms with Crippen molar-refractivity contribution in [2.45, 2.75) is 52.9 Å². The second-order valence-corrected chi connectivity index (χ2v) is 6.22. The summed E-state index contributed by atoms with van der Waals surface area (Å²) < 4.78 is 0. The van der Waals surface area contributed by atoms with Gasteiger partial charge in [0.25, 0.3) is 0 Å². The SMILES string of the molecule is CCCNC(=O)C1CCN(CC(=O)N(CCC)CCC)CC1. The Labute approximate surface area is 135 Å². The highest BCUT2D eigenvalue weighted by Gasteiger charge is 2.26. The van der Waals surface area contributed by atoms with Crippen molar-refractivity contribution in [3.63, 3.8) is 0 Å². The van der Waals surface area contributed by atoms with E-state index in [-0.39, 0.29) is 17.7 Å². The highest BCUT2D eigenvalue weighted by Crippen LogP contribution is 2.17. The summed E-state index contributed by atoms with van der Waals surface area (Å²) in [5, 5.41) is 2.98. The van der Waals surface area contributed by atoms with Gasteiger partial charge >= 0.3 is 0 Å². The molecule has 5 nitrogen and oxygen atoms in total. The molecule has 0 spiro atoms. The minimum atomic E-state index is 0.125. The highest BCUT2D eigenvalue weighted by atomic mass is 16.2. The summed E-state index contributed by atoms with van der Waals surface area (Å²) in [4.78, 5) is 28.5. The summed E-state index contributed by atoms with van der Waals surface area (Å²) >= 11 is 0. The number of piperidine rings is 1. The molecule has 1 fully saturated rings. The van der Waals surface area contributed by atoms with Gasteiger partial charge in [-0.15, -0.1) is 0 Å². The van der Waals surface area contributed by atoms with Crippen molar-refractivity contribution >= 4 is 11.8 Å². The van der Waals surface area contributed by atoms with Gasteiger partial charge in [-0.1, -0.05) is 20.8 Å². The van der Waals surface area contributed by atoms with Crippen LogP contribution in [0.1, 0.15) is 52.9 Å². The quantitative estimate of drug-likeness (QED) is 0.707. The molecule has 0 unspecified atom stereocenters. The zero-order valence-corrected chi connectivity index (χ0v) is 14.6. The van der Waals surface area contributed by atoms with E-state index in [1.807, 2.05) is 4.90 Å². The Morgan fingerprint density at radius 3 is 2.14 bits per heavy atom. The Morgan fingerprint density at radius 1 is 1.05 bits per heavy atom. The summed E-state index contributed by atoms with van der Waals surface area (Å²) in [6.45, 7) is 10.9. The van der Waals surface area contributed by atoms with Gasteiger partial charge in [0.2, 0.25) is 11.8 Å². The van der Waals surface area contributed by atoms with Gasteiger partial charge in [0.05, 0.1) is 6.54 Å². The van der Waals surface area contributed by atoms with Crippen molar-refractivity contribution in [3.8, 4) is 0 Å². The minimum Gasteiger partial charge on any atom is -0.356 e. The van der Waals surface area contributed by atoms with Crippen LogP contribution in [0.3, 0.4) is 0 Å². The van der Waals surface area contributed by atoms with Crippen molar-refractivity contribution in [3.05, 3.63) is 0 Å². The molecule has 1 rings (SSSR count). The van der Waals surface area contributed by atoms with E-state index in [0.717, 1.165) is 64.8 Å². The molecular weight excluding hydrogens is 278 g/mol. The minimum absolute atomic E-state index is 0.125. The van der Waals surface area contributed by atoms with E-state index in [1.165, 1.54) is 0 Å². The standard InChI is InChI=1S/C17H33N3O2/c1-4-9-18-17(22)15-7-12-19(13-8-15)14-16(21)20(10-5-2)11-6-3/h15H,4-14H2,1-3H3,(H,18,22). The van der Waals surface area contributed by atoms with Gasteiger partial charge in [0, 0.05) is 25.6 Å². The van der Waals surface area contributed by atoms with Crippen LogP contribution in [-0.4, -0.2) is 60.9 Å². The number of carbonyl (C=O) groups is 2. The molecule has 0 radical (unpaired) electrons. The van der Waals surface area contributed by atoms with Crippen molar-refractivity contribution in [2.24, 2.45) is 5.92 Å². The topological polar surface area (TPSA) is 52.7 Å². The maximum atomic E-state index is 12.4. The van der Waals surface area contributed by atoms with E-state index in [2.05, 4.69) is 31.0 Å². The molecule has 0 bridgehead atoms. The fraction of sp³-hybridized carbons (Fsp3) is 0.882. The van der Waals surface area contributed by atoms with Gasteiger partial charge in [-0.05, 0) is 45.2 Å². The molecule has 1 saturated heterocycles. The van der Waals surface area contributed by atoms with Gasteiger partial charge in [-0.2, -0.15) is 0 Å². The van der Waals surface area contributed by atoms with E-state index >= 15 is 0 Å². The average molecular weight is 311 g/mol. The molecule has 0 aromatic heterocycles. The van der Waals surface area contributed by atoms with Crippen LogP contribution in [0.2, 0.25) is 0 Å². The molecule has 5 heteroatoms. The molecule has 1 heterocycles. The first-order valence-corrected chi connectivity index (χ1v) is 8.90. The first kappa shape index (κ1) is 18.9. The largest absolute Gasteiger partial charge is 0.356 e. The van der Waals surface area contributed by atoms with Gasteiger partial charge in [0.1, 0.15) is 0 Å². The number of hydrogen-bond acceptors (Lipinski definition) is 3. The smallest absolute Gasteiger partial charge is 0.236 e. The van der Waals surface area contributed by atoms with Gasteiger partial charge < -0.3 is 10.2 Å². The van der Waals surface area contributed by atoms with Crippen molar-refractivity contribution in [1.29, 1.82) is 0 Å². The van der Waals surface area contributed by atoms with E-state index in [1.54, 1.807) is 0 Å². The summed E-state index contributed by atoms with van der Waals surface area (Å²) in [5.74, 6) is 0.546. The fourth-order valence-corrected chi connectivity index (χ4v) is 2.94. The maximum absolute atomic E-state index is 12.4. The Morgan fingerprint density at radius 2 is 1.64 bits per heavy atom. The Balaban J connectivity index is 2.35. The van der Waals surface area contributed by atoms with Crippen molar-refractivity contribution in [2.75, 3.05) is 39.3 Å². The molecule has 1 aliphatic heterocycles. The van der Waals surface area contributed by atoms with Crippen LogP contribution in [0.5, 0.6) is 0 Å². The summed E-state index contributed by atoms with van der Waals surface area (Å²) in [6, 6.07) is 0. The van der Waals surface area contributed by atoms with Crippen LogP contribution in [0, 0.1) is 5.92 Å². The molecule has 0 aliphatic carbocycles. The zero-order valence-electron chi connectivity index (χ0n) is 14.6.